The zero-order valence-electron chi connectivity index (χ0n) is 11.6. The van der Waals surface area contributed by atoms with Crippen LogP contribution >= 0.6 is 11.6 Å². The molecule has 0 radical (unpaired) electrons. The van der Waals surface area contributed by atoms with E-state index in [4.69, 9.17) is 21.4 Å². The van der Waals surface area contributed by atoms with Crippen molar-refractivity contribution in [3.05, 3.63) is 28.8 Å². The molecule has 1 atom stereocenters. The Bertz CT molecular complexity index is 550. The molecule has 0 aromatic heterocycles. The van der Waals surface area contributed by atoms with E-state index in [-0.39, 0.29) is 19.0 Å². The van der Waals surface area contributed by atoms with Gasteiger partial charge in [0.2, 0.25) is 0 Å². The van der Waals surface area contributed by atoms with Crippen LogP contribution in [0.15, 0.2) is 18.2 Å². The first-order valence-electron chi connectivity index (χ1n) is 6.61. The van der Waals surface area contributed by atoms with Crippen molar-refractivity contribution < 1.29 is 19.4 Å². The molecule has 0 aliphatic carbocycles. The Hall–Kier alpha value is -1.79. The minimum atomic E-state index is -0.941. The zero-order chi connectivity index (χ0) is 15.4. The number of hydrogen-bond donors (Lipinski definition) is 2. The topological polar surface area (TPSA) is 78.9 Å². The van der Waals surface area contributed by atoms with Crippen molar-refractivity contribution >= 4 is 29.3 Å². The molecule has 1 saturated heterocycles. The van der Waals surface area contributed by atoms with Gasteiger partial charge in [-0.15, -0.1) is 0 Å². The maximum absolute atomic E-state index is 12.2. The highest BCUT2D eigenvalue weighted by atomic mass is 35.5. The molecule has 1 aliphatic rings. The van der Waals surface area contributed by atoms with Crippen LogP contribution in [0.3, 0.4) is 0 Å². The monoisotopic (exact) mass is 312 g/mol. The van der Waals surface area contributed by atoms with E-state index in [1.807, 2.05) is 13.0 Å². The number of ether oxygens (including phenoxy) is 1. The van der Waals surface area contributed by atoms with E-state index in [1.165, 1.54) is 4.90 Å². The fourth-order valence-electron chi connectivity index (χ4n) is 2.15. The molecule has 1 aliphatic heterocycles. The molecule has 1 heterocycles. The summed E-state index contributed by atoms with van der Waals surface area (Å²) in [6.45, 7) is 2.91. The fourth-order valence-corrected chi connectivity index (χ4v) is 2.32. The summed E-state index contributed by atoms with van der Waals surface area (Å²) in [7, 11) is 0. The molecule has 1 aromatic carbocycles. The van der Waals surface area contributed by atoms with E-state index in [0.717, 1.165) is 5.56 Å². The smallest absolute Gasteiger partial charge is 0.322 e. The second kappa shape index (κ2) is 6.78. The third-order valence-corrected chi connectivity index (χ3v) is 3.52. The van der Waals surface area contributed by atoms with Crippen molar-refractivity contribution in [1.29, 1.82) is 0 Å². The lowest BCUT2D eigenvalue weighted by atomic mass is 10.2. The largest absolute Gasteiger partial charge is 0.481 e. The summed E-state index contributed by atoms with van der Waals surface area (Å²) in [5, 5.41) is 12.0. The first kappa shape index (κ1) is 15.6. The summed E-state index contributed by atoms with van der Waals surface area (Å²) >= 11 is 6.04. The van der Waals surface area contributed by atoms with Crippen molar-refractivity contribution in [2.45, 2.75) is 19.4 Å². The number of carboxylic acids is 1. The average molecular weight is 313 g/mol. The van der Waals surface area contributed by atoms with Gasteiger partial charge >= 0.3 is 12.0 Å². The van der Waals surface area contributed by atoms with E-state index in [9.17, 15) is 9.59 Å². The van der Waals surface area contributed by atoms with Crippen molar-refractivity contribution in [1.82, 2.24) is 4.90 Å². The fraction of sp³-hybridized carbons (Fsp3) is 0.429. The number of nitrogens with one attached hydrogen (secondary N) is 1. The van der Waals surface area contributed by atoms with Crippen LogP contribution in [0.25, 0.3) is 0 Å². The Morgan fingerprint density at radius 2 is 2.29 bits per heavy atom. The van der Waals surface area contributed by atoms with E-state index in [1.54, 1.807) is 12.1 Å². The molecule has 0 saturated carbocycles. The lowest BCUT2D eigenvalue weighted by molar-refractivity contribution is -0.141. The number of carbonyl (C=O) groups excluding carboxylic acids is 1. The van der Waals surface area contributed by atoms with Crippen LogP contribution in [0.4, 0.5) is 10.5 Å². The Balaban J connectivity index is 1.99. The second-order valence-electron chi connectivity index (χ2n) is 4.95. The average Bonchev–Trinajstić information content (AvgIpc) is 2.42. The molecule has 1 fully saturated rings. The first-order valence-corrected chi connectivity index (χ1v) is 6.99. The molecular weight excluding hydrogens is 296 g/mol. The van der Waals surface area contributed by atoms with Crippen LogP contribution in [0.2, 0.25) is 5.02 Å². The van der Waals surface area contributed by atoms with Crippen LogP contribution in [0, 0.1) is 6.92 Å². The van der Waals surface area contributed by atoms with Gasteiger partial charge in [-0.1, -0.05) is 17.7 Å². The number of halogens is 1. The number of carboxylic acid groups (broad SMARTS) is 1. The van der Waals surface area contributed by atoms with E-state index in [0.29, 0.717) is 23.9 Å². The van der Waals surface area contributed by atoms with Gasteiger partial charge in [-0.2, -0.15) is 0 Å². The van der Waals surface area contributed by atoms with Crippen molar-refractivity contribution in [2.24, 2.45) is 0 Å². The van der Waals surface area contributed by atoms with Crippen LogP contribution < -0.4 is 5.32 Å². The maximum Gasteiger partial charge on any atom is 0.322 e. The summed E-state index contributed by atoms with van der Waals surface area (Å²) in [6.07, 6.45) is -0.593. The molecule has 1 aromatic rings. The number of benzene rings is 1. The number of anilines is 1. The number of hydrogen-bond acceptors (Lipinski definition) is 3. The number of aryl methyl sites for hydroxylation is 1. The van der Waals surface area contributed by atoms with Crippen LogP contribution in [-0.2, 0) is 9.53 Å². The molecule has 1 unspecified atom stereocenters. The molecule has 0 bridgehead atoms. The quantitative estimate of drug-likeness (QED) is 0.898. The van der Waals surface area contributed by atoms with Crippen molar-refractivity contribution in [3.63, 3.8) is 0 Å². The second-order valence-corrected chi connectivity index (χ2v) is 5.36. The molecule has 0 spiro atoms. The summed E-state index contributed by atoms with van der Waals surface area (Å²) in [6, 6.07) is 5.06. The lowest BCUT2D eigenvalue weighted by Crippen LogP contribution is -2.47. The summed E-state index contributed by atoms with van der Waals surface area (Å²) in [4.78, 5) is 24.5. The molecule has 21 heavy (non-hydrogen) atoms. The Morgan fingerprint density at radius 1 is 1.52 bits per heavy atom. The van der Waals surface area contributed by atoms with Crippen LogP contribution in [0.5, 0.6) is 0 Å². The number of aliphatic carboxylic acids is 1. The van der Waals surface area contributed by atoms with Gasteiger partial charge in [-0.3, -0.25) is 4.79 Å². The van der Waals surface area contributed by atoms with Crippen LogP contribution in [-0.4, -0.2) is 47.8 Å². The standard InChI is InChI=1S/C14H17ClN2O4/c1-9-2-3-11(15)12(6-9)16-14(20)17-4-5-21-10(8-17)7-13(18)19/h2-3,6,10H,4-5,7-8H2,1H3,(H,16,20)(H,18,19). The Morgan fingerprint density at radius 3 is 3.00 bits per heavy atom. The number of carbonyl (C=O) groups is 2. The first-order chi connectivity index (χ1) is 9.95. The maximum atomic E-state index is 12.2. The molecule has 6 nitrogen and oxygen atoms in total. The third-order valence-electron chi connectivity index (χ3n) is 3.19. The van der Waals surface area contributed by atoms with Gasteiger partial charge in [0.15, 0.2) is 0 Å². The predicted octanol–water partition coefficient (Wildman–Crippen LogP) is 2.36. The minimum Gasteiger partial charge on any atom is -0.481 e. The highest BCUT2D eigenvalue weighted by molar-refractivity contribution is 6.33. The third kappa shape index (κ3) is 4.34. The van der Waals surface area contributed by atoms with Crippen molar-refractivity contribution in [3.8, 4) is 0 Å². The highest BCUT2D eigenvalue weighted by Gasteiger charge is 2.26. The van der Waals surface area contributed by atoms with Gasteiger partial charge in [0, 0.05) is 13.1 Å². The van der Waals surface area contributed by atoms with Crippen molar-refractivity contribution in [2.75, 3.05) is 25.0 Å². The van der Waals surface area contributed by atoms with Gasteiger partial charge in [-0.05, 0) is 24.6 Å². The Kier molecular flexibility index (Phi) is 5.03. The van der Waals surface area contributed by atoms with E-state index >= 15 is 0 Å². The molecule has 2 N–H and O–H groups in total. The number of urea groups is 1. The summed E-state index contributed by atoms with van der Waals surface area (Å²) in [5.41, 5.74) is 1.53. The van der Waals surface area contributed by atoms with E-state index in [2.05, 4.69) is 5.32 Å². The van der Waals surface area contributed by atoms with Gasteiger partial charge in [0.25, 0.3) is 0 Å². The molecule has 7 heteroatoms. The Labute approximate surface area is 127 Å². The summed E-state index contributed by atoms with van der Waals surface area (Å²) in [5.74, 6) is -0.941. The predicted molar refractivity (Wildman–Crippen MR) is 78.8 cm³/mol. The number of nitrogens with zero attached hydrogens (tertiary/aromatic N) is 1. The molecule has 114 valence electrons. The molecule has 2 rings (SSSR count). The van der Waals surface area contributed by atoms with Gasteiger partial charge in [-0.25, -0.2) is 4.79 Å². The number of amides is 2. The van der Waals surface area contributed by atoms with E-state index < -0.39 is 12.1 Å². The normalized spacial score (nSPS) is 18.4. The minimum absolute atomic E-state index is 0.116. The zero-order valence-corrected chi connectivity index (χ0v) is 12.4. The highest BCUT2D eigenvalue weighted by Crippen LogP contribution is 2.23. The van der Waals surface area contributed by atoms with Gasteiger partial charge < -0.3 is 20.1 Å². The number of morpholine rings is 1. The summed E-state index contributed by atoms with van der Waals surface area (Å²) < 4.78 is 5.33. The SMILES string of the molecule is Cc1ccc(Cl)c(NC(=O)N2CCOC(CC(=O)O)C2)c1. The molecular formula is C14H17ClN2O4. The van der Waals surface area contributed by atoms with Crippen LogP contribution in [0.1, 0.15) is 12.0 Å². The van der Waals surface area contributed by atoms with Gasteiger partial charge in [0.1, 0.15) is 0 Å². The molecule has 2 amide bonds. The number of rotatable bonds is 3. The van der Waals surface area contributed by atoms with Gasteiger partial charge in [0.05, 0.1) is 29.8 Å². The lowest BCUT2D eigenvalue weighted by Gasteiger charge is -2.32.